The SMILES string of the molecule is NCCCS(=O)(=O)N1CCC[C@H]2CN3CCc4cc(Br)ccc4[C@@H]3C[C@H]21. The number of hydrogen-bond donors (Lipinski definition) is 1. The Hall–Kier alpha value is -0.470. The van der Waals surface area contributed by atoms with Crippen LogP contribution < -0.4 is 5.73 Å². The van der Waals surface area contributed by atoms with Crippen molar-refractivity contribution in [1.29, 1.82) is 0 Å². The molecule has 3 aliphatic rings. The second kappa shape index (κ2) is 7.51. The van der Waals surface area contributed by atoms with Crippen molar-refractivity contribution in [1.82, 2.24) is 9.21 Å². The van der Waals surface area contributed by atoms with E-state index in [0.29, 0.717) is 31.5 Å². The van der Waals surface area contributed by atoms with Gasteiger partial charge in [-0.2, -0.15) is 4.31 Å². The van der Waals surface area contributed by atoms with Crippen LogP contribution in [0.3, 0.4) is 0 Å². The monoisotopic (exact) mass is 441 g/mol. The number of rotatable bonds is 4. The Labute approximate surface area is 165 Å². The van der Waals surface area contributed by atoms with E-state index in [4.69, 9.17) is 5.73 Å². The number of benzene rings is 1. The molecule has 3 aliphatic heterocycles. The van der Waals surface area contributed by atoms with Crippen molar-refractivity contribution in [3.05, 3.63) is 33.8 Å². The molecule has 0 aromatic heterocycles. The van der Waals surface area contributed by atoms with Crippen LogP contribution in [0.2, 0.25) is 0 Å². The summed E-state index contributed by atoms with van der Waals surface area (Å²) in [5.41, 5.74) is 8.36. The van der Waals surface area contributed by atoms with Crippen LogP contribution in [0.15, 0.2) is 22.7 Å². The molecule has 1 aromatic carbocycles. The molecule has 0 amide bonds. The van der Waals surface area contributed by atoms with Crippen LogP contribution in [0.5, 0.6) is 0 Å². The molecule has 4 rings (SSSR count). The average molecular weight is 442 g/mol. The van der Waals surface area contributed by atoms with Crippen LogP contribution >= 0.6 is 15.9 Å². The number of piperidine rings is 2. The summed E-state index contributed by atoms with van der Waals surface area (Å²) in [5.74, 6) is 0.648. The van der Waals surface area contributed by atoms with Gasteiger partial charge in [0.05, 0.1) is 5.75 Å². The zero-order valence-corrected chi connectivity index (χ0v) is 17.5. The Morgan fingerprint density at radius 2 is 2.12 bits per heavy atom. The Kier molecular flexibility index (Phi) is 5.45. The van der Waals surface area contributed by atoms with Crippen LogP contribution in [0.4, 0.5) is 0 Å². The highest BCUT2D eigenvalue weighted by atomic mass is 79.9. The number of nitrogens with zero attached hydrogens (tertiary/aromatic N) is 2. The van der Waals surface area contributed by atoms with Crippen molar-refractivity contribution in [2.24, 2.45) is 11.7 Å². The van der Waals surface area contributed by atoms with Crippen molar-refractivity contribution in [2.45, 2.75) is 44.2 Å². The molecule has 0 unspecified atom stereocenters. The first kappa shape index (κ1) is 18.9. The van der Waals surface area contributed by atoms with Gasteiger partial charge in [0.2, 0.25) is 10.0 Å². The van der Waals surface area contributed by atoms with Crippen molar-refractivity contribution in [2.75, 3.05) is 31.9 Å². The molecular weight excluding hydrogens is 414 g/mol. The minimum Gasteiger partial charge on any atom is -0.330 e. The summed E-state index contributed by atoms with van der Waals surface area (Å²) in [6.45, 7) is 3.21. The standard InChI is InChI=1S/C19H28BrN3O2S/c20-16-4-5-17-14(11-16)6-9-22-13-15-3-1-8-23(18(15)12-19(17)22)26(24,25)10-2-7-21/h4-5,11,15,18-19H,1-3,6-10,12-13,21H2/t15-,18+,19-/m0/s1. The van der Waals surface area contributed by atoms with E-state index in [-0.39, 0.29) is 11.8 Å². The second-order valence-corrected chi connectivity index (χ2v) is 10.8. The third-order valence-electron chi connectivity index (χ3n) is 6.34. The van der Waals surface area contributed by atoms with Crippen LogP contribution in [-0.2, 0) is 16.4 Å². The van der Waals surface area contributed by atoms with Gasteiger partial charge in [0.15, 0.2) is 0 Å². The fourth-order valence-corrected chi connectivity index (χ4v) is 7.36. The van der Waals surface area contributed by atoms with E-state index >= 15 is 0 Å². The summed E-state index contributed by atoms with van der Waals surface area (Å²) in [5, 5.41) is 0. The molecule has 2 N–H and O–H groups in total. The van der Waals surface area contributed by atoms with Crippen LogP contribution in [0.25, 0.3) is 0 Å². The smallest absolute Gasteiger partial charge is 0.214 e. The summed E-state index contributed by atoms with van der Waals surface area (Å²) in [7, 11) is -3.21. The molecule has 2 fully saturated rings. The Balaban J connectivity index is 1.61. The molecule has 26 heavy (non-hydrogen) atoms. The topological polar surface area (TPSA) is 66.6 Å². The fraction of sp³-hybridized carbons (Fsp3) is 0.684. The first-order valence-corrected chi connectivity index (χ1v) is 12.1. The molecule has 3 heterocycles. The highest BCUT2D eigenvalue weighted by molar-refractivity contribution is 9.10. The van der Waals surface area contributed by atoms with E-state index in [2.05, 4.69) is 39.0 Å². The Morgan fingerprint density at radius 3 is 2.92 bits per heavy atom. The molecule has 0 saturated carbocycles. The summed E-state index contributed by atoms with van der Waals surface area (Å²) in [6, 6.07) is 7.06. The minimum atomic E-state index is -3.21. The molecule has 144 valence electrons. The maximum atomic E-state index is 12.9. The highest BCUT2D eigenvalue weighted by Crippen LogP contribution is 2.44. The van der Waals surface area contributed by atoms with Gasteiger partial charge in [0.25, 0.3) is 0 Å². The van der Waals surface area contributed by atoms with E-state index in [1.165, 1.54) is 11.1 Å². The van der Waals surface area contributed by atoms with E-state index in [0.717, 1.165) is 43.2 Å². The van der Waals surface area contributed by atoms with E-state index < -0.39 is 10.0 Å². The van der Waals surface area contributed by atoms with E-state index in [9.17, 15) is 8.42 Å². The van der Waals surface area contributed by atoms with Gasteiger partial charge in [0, 0.05) is 36.2 Å². The normalized spacial score (nSPS) is 29.7. The van der Waals surface area contributed by atoms with Gasteiger partial charge in [-0.15, -0.1) is 0 Å². The third kappa shape index (κ3) is 3.49. The molecule has 0 spiro atoms. The van der Waals surface area contributed by atoms with Gasteiger partial charge >= 0.3 is 0 Å². The number of nitrogens with two attached hydrogens (primary N) is 1. The molecule has 0 radical (unpaired) electrons. The first-order valence-electron chi connectivity index (χ1n) is 9.71. The average Bonchev–Trinajstić information content (AvgIpc) is 2.64. The lowest BCUT2D eigenvalue weighted by atomic mass is 9.77. The number of hydrogen-bond acceptors (Lipinski definition) is 4. The third-order valence-corrected chi connectivity index (χ3v) is 8.80. The quantitative estimate of drug-likeness (QED) is 0.779. The number of fused-ring (bicyclic) bond motifs is 4. The zero-order valence-electron chi connectivity index (χ0n) is 15.1. The van der Waals surface area contributed by atoms with Crippen LogP contribution in [0.1, 0.15) is 42.9 Å². The lowest BCUT2D eigenvalue weighted by molar-refractivity contribution is 0.0220. The highest BCUT2D eigenvalue weighted by Gasteiger charge is 2.45. The molecule has 7 heteroatoms. The Bertz CT molecular complexity index is 770. The fourth-order valence-electron chi connectivity index (χ4n) is 5.11. The van der Waals surface area contributed by atoms with Gasteiger partial charge in [-0.25, -0.2) is 8.42 Å². The molecule has 0 bridgehead atoms. The predicted molar refractivity (Wildman–Crippen MR) is 107 cm³/mol. The molecular formula is C19H28BrN3O2S. The maximum Gasteiger partial charge on any atom is 0.214 e. The summed E-state index contributed by atoms with van der Waals surface area (Å²) >= 11 is 3.58. The zero-order chi connectivity index (χ0) is 18.3. The minimum absolute atomic E-state index is 0.141. The first-order chi connectivity index (χ1) is 12.5. The summed E-state index contributed by atoms with van der Waals surface area (Å²) in [6.07, 6.45) is 4.67. The Morgan fingerprint density at radius 1 is 1.27 bits per heavy atom. The number of sulfonamides is 1. The van der Waals surface area contributed by atoms with Crippen LogP contribution in [-0.4, -0.2) is 55.6 Å². The number of halogens is 1. The van der Waals surface area contributed by atoms with Crippen molar-refractivity contribution < 1.29 is 8.42 Å². The molecule has 1 aromatic rings. The lowest BCUT2D eigenvalue weighted by Crippen LogP contribution is -2.57. The van der Waals surface area contributed by atoms with Crippen molar-refractivity contribution in [3.63, 3.8) is 0 Å². The maximum absolute atomic E-state index is 12.9. The predicted octanol–water partition coefficient (Wildman–Crippen LogP) is 2.51. The van der Waals surface area contributed by atoms with E-state index in [1.807, 2.05) is 4.31 Å². The largest absolute Gasteiger partial charge is 0.330 e. The molecule has 3 atom stereocenters. The van der Waals surface area contributed by atoms with Gasteiger partial charge < -0.3 is 5.73 Å². The van der Waals surface area contributed by atoms with Gasteiger partial charge in [-0.1, -0.05) is 22.0 Å². The van der Waals surface area contributed by atoms with Gasteiger partial charge in [-0.3, -0.25) is 4.90 Å². The molecule has 5 nitrogen and oxygen atoms in total. The molecule has 2 saturated heterocycles. The summed E-state index contributed by atoms with van der Waals surface area (Å²) < 4.78 is 28.8. The van der Waals surface area contributed by atoms with E-state index in [1.54, 1.807) is 0 Å². The van der Waals surface area contributed by atoms with Gasteiger partial charge in [-0.05, 0) is 67.8 Å². The molecule has 0 aliphatic carbocycles. The van der Waals surface area contributed by atoms with Crippen molar-refractivity contribution >= 4 is 26.0 Å². The van der Waals surface area contributed by atoms with Gasteiger partial charge in [0.1, 0.15) is 0 Å². The van der Waals surface area contributed by atoms with Crippen LogP contribution in [0, 0.1) is 5.92 Å². The summed E-state index contributed by atoms with van der Waals surface area (Å²) in [4.78, 5) is 2.59. The lowest BCUT2D eigenvalue weighted by Gasteiger charge is -2.51. The van der Waals surface area contributed by atoms with Crippen molar-refractivity contribution in [3.8, 4) is 0 Å². The second-order valence-electron chi connectivity index (χ2n) is 7.88.